The zero-order valence-electron chi connectivity index (χ0n) is 24.1. The van der Waals surface area contributed by atoms with Crippen LogP contribution in [0.15, 0.2) is 24.4 Å². The van der Waals surface area contributed by atoms with Gasteiger partial charge in [0, 0.05) is 12.7 Å². The molecule has 40 heavy (non-hydrogen) atoms. The van der Waals surface area contributed by atoms with E-state index in [9.17, 15) is 21.6 Å². The second kappa shape index (κ2) is 23.3. The maximum absolute atomic E-state index is 13.2. The molecule has 2 rings (SSSR count). The van der Waals surface area contributed by atoms with Crippen molar-refractivity contribution in [3.63, 3.8) is 0 Å². The molecule has 0 bridgehead atoms. The van der Waals surface area contributed by atoms with E-state index < -0.39 is 27.6 Å². The van der Waals surface area contributed by atoms with Crippen LogP contribution in [0.3, 0.4) is 0 Å². The van der Waals surface area contributed by atoms with Gasteiger partial charge in [-0.2, -0.15) is 36.4 Å². The van der Waals surface area contributed by atoms with Crippen molar-refractivity contribution in [2.45, 2.75) is 38.8 Å². The molecule has 2 aromatic rings. The van der Waals surface area contributed by atoms with E-state index in [1.54, 1.807) is 18.2 Å². The fourth-order valence-electron chi connectivity index (χ4n) is 2.52. The van der Waals surface area contributed by atoms with Gasteiger partial charge in [0.15, 0.2) is 0 Å². The molecule has 1 aromatic heterocycles. The Labute approximate surface area is 263 Å². The van der Waals surface area contributed by atoms with Gasteiger partial charge in [0.2, 0.25) is 16.0 Å². The van der Waals surface area contributed by atoms with Crippen molar-refractivity contribution in [1.29, 1.82) is 0 Å². The van der Waals surface area contributed by atoms with Crippen LogP contribution < -0.4 is 53.5 Å². The topological polar surface area (TPSA) is 113 Å². The van der Waals surface area contributed by atoms with Crippen LogP contribution in [0.4, 0.5) is 30.6 Å². The molecule has 8 nitrogen and oxygen atoms in total. The summed E-state index contributed by atoms with van der Waals surface area (Å²) in [5.74, 6) is -0.800. The van der Waals surface area contributed by atoms with Gasteiger partial charge >= 0.3 is 43.9 Å². The standard InChI is InChI=1S/C16H19F3N5O2S.C5H11N.C5H9.2Li/c1-2-11-6-3-4-7-13(11)23-15-22-10-12(16(17,18)19)14(24-15)21-8-5-9-27(20,25)26;1-4-6(3)5-2;1-3-5-4-2;;/h4,6-7,10H,2,5,8-9H2,1H3,(H2,20,25,26)(H2,21,22,23,24);1-2,4-5H2,3H3;5H,1-4H2;;/q-1;-2;-3;2*+1. The van der Waals surface area contributed by atoms with E-state index in [4.69, 9.17) is 5.14 Å². The molecule has 1 aromatic carbocycles. The molecule has 4 N–H and O–H groups in total. The Bertz CT molecular complexity index is 1030. The smallest absolute Gasteiger partial charge is 0.387 e. The summed E-state index contributed by atoms with van der Waals surface area (Å²) in [6.45, 7) is 18.0. The third-order valence-electron chi connectivity index (χ3n) is 4.74. The summed E-state index contributed by atoms with van der Waals surface area (Å²) in [5.41, 5.74) is 0.528. The van der Waals surface area contributed by atoms with Gasteiger partial charge in [-0.15, -0.1) is 24.7 Å². The van der Waals surface area contributed by atoms with E-state index in [2.05, 4.69) is 54.4 Å². The number of nitrogens with one attached hydrogen (secondary N) is 2. The fraction of sp³-hybridized carbons (Fsp3) is 0.423. The van der Waals surface area contributed by atoms with Crippen molar-refractivity contribution in [3.8, 4) is 0 Å². The molecule has 0 fully saturated rings. The molecular weight excluding hydrogens is 531 g/mol. The van der Waals surface area contributed by atoms with E-state index in [0.717, 1.165) is 31.5 Å². The SMILES string of the molecule is CCc1c[c-]ccc1Nc1ncc(C(F)(F)F)c(NCCCS(N)(=O)=O)n1.[CH2-]CN(C)C[CH2-].[CH2-]C[CH-]C[CH2-].[Li+].[Li+]. The van der Waals surface area contributed by atoms with Crippen LogP contribution in [-0.2, 0) is 22.6 Å². The molecular formula is C26H39F3Li2N6O2S-4. The number of unbranched alkanes of at least 4 members (excludes halogenated alkanes) is 2. The minimum atomic E-state index is -4.66. The van der Waals surface area contributed by atoms with Crippen LogP contribution in [0.1, 0.15) is 37.3 Å². The largest absolute Gasteiger partial charge is 1.00 e. The summed E-state index contributed by atoms with van der Waals surface area (Å²) in [7, 11) is -1.70. The van der Waals surface area contributed by atoms with Crippen molar-refractivity contribution in [2.75, 3.05) is 43.1 Å². The normalized spacial score (nSPS) is 10.7. The van der Waals surface area contributed by atoms with Crippen LogP contribution in [0, 0.1) is 40.2 Å². The number of aryl methyl sites for hydroxylation is 1. The summed E-state index contributed by atoms with van der Waals surface area (Å²) in [5, 5.41) is 10.3. The number of halogens is 3. The van der Waals surface area contributed by atoms with Crippen LogP contribution >= 0.6 is 0 Å². The van der Waals surface area contributed by atoms with Gasteiger partial charge in [-0.05, 0) is 13.5 Å². The minimum absolute atomic E-state index is 0. The molecule has 0 atom stereocenters. The Morgan fingerprint density at radius 2 is 1.75 bits per heavy atom. The molecule has 1 heterocycles. The number of aromatic nitrogens is 2. The number of alkyl halides is 3. The first-order valence-electron chi connectivity index (χ1n) is 11.9. The fourth-order valence-corrected chi connectivity index (χ4v) is 3.07. The van der Waals surface area contributed by atoms with Crippen molar-refractivity contribution in [1.82, 2.24) is 14.9 Å². The zero-order valence-corrected chi connectivity index (χ0v) is 25.0. The van der Waals surface area contributed by atoms with Gasteiger partial charge in [0.1, 0.15) is 11.4 Å². The third kappa shape index (κ3) is 19.8. The number of primary sulfonamides is 1. The van der Waals surface area contributed by atoms with E-state index in [0.29, 0.717) is 18.3 Å². The summed E-state index contributed by atoms with van der Waals surface area (Å²) in [4.78, 5) is 9.66. The molecule has 0 aliphatic heterocycles. The quantitative estimate of drug-likeness (QED) is 0.169. The number of rotatable bonds is 12. The van der Waals surface area contributed by atoms with Crippen LogP contribution in [0.2, 0.25) is 0 Å². The molecule has 0 unspecified atom stereocenters. The van der Waals surface area contributed by atoms with Gasteiger partial charge in [-0.25, -0.2) is 18.5 Å². The zero-order chi connectivity index (χ0) is 29.2. The number of nitrogens with two attached hydrogens (primary N) is 1. The summed E-state index contributed by atoms with van der Waals surface area (Å²) < 4.78 is 61.3. The Morgan fingerprint density at radius 3 is 2.17 bits per heavy atom. The van der Waals surface area contributed by atoms with Gasteiger partial charge in [-0.1, -0.05) is 19.0 Å². The van der Waals surface area contributed by atoms with Crippen LogP contribution in [0.5, 0.6) is 0 Å². The number of nitrogens with zero attached hydrogens (tertiary/aromatic N) is 3. The monoisotopic (exact) mass is 570 g/mol. The summed E-state index contributed by atoms with van der Waals surface area (Å²) in [6.07, 6.45) is 0.596. The average Bonchev–Trinajstić information content (AvgIpc) is 2.86. The predicted octanol–water partition coefficient (Wildman–Crippen LogP) is -1.07. The van der Waals surface area contributed by atoms with Crippen molar-refractivity contribution in [3.05, 3.63) is 75.7 Å². The molecule has 0 saturated heterocycles. The second-order valence-corrected chi connectivity index (χ2v) is 9.57. The maximum Gasteiger partial charge on any atom is 1.00 e. The molecule has 0 amide bonds. The van der Waals surface area contributed by atoms with Crippen molar-refractivity contribution < 1.29 is 59.3 Å². The Morgan fingerprint density at radius 1 is 1.15 bits per heavy atom. The molecule has 14 heteroatoms. The molecule has 0 aliphatic rings. The van der Waals surface area contributed by atoms with E-state index in [-0.39, 0.29) is 62.4 Å². The molecule has 218 valence electrons. The Balaban J connectivity index is -0.000000894. The minimum Gasteiger partial charge on any atom is -0.387 e. The number of benzene rings is 1. The van der Waals surface area contributed by atoms with Gasteiger partial charge < -0.3 is 62.5 Å². The van der Waals surface area contributed by atoms with Gasteiger partial charge in [-0.3, -0.25) is 0 Å². The average molecular weight is 571 g/mol. The van der Waals surface area contributed by atoms with Crippen molar-refractivity contribution >= 4 is 27.5 Å². The third-order valence-corrected chi connectivity index (χ3v) is 5.60. The van der Waals surface area contributed by atoms with Crippen LogP contribution in [-0.4, -0.2) is 55.7 Å². The molecule has 0 saturated carbocycles. The summed E-state index contributed by atoms with van der Waals surface area (Å²) in [6, 6.07) is 8.07. The first-order chi connectivity index (χ1) is 17.8. The molecule has 0 aliphatic carbocycles. The molecule has 0 radical (unpaired) electrons. The predicted molar refractivity (Wildman–Crippen MR) is 149 cm³/mol. The Kier molecular flexibility index (Phi) is 25.2. The number of anilines is 3. The maximum atomic E-state index is 13.2. The number of hydrogen-bond donors (Lipinski definition) is 3. The summed E-state index contributed by atoms with van der Waals surface area (Å²) >= 11 is 0. The van der Waals surface area contributed by atoms with Gasteiger partial charge in [0.05, 0.1) is 5.75 Å². The molecule has 0 spiro atoms. The number of hydrogen-bond acceptors (Lipinski definition) is 7. The van der Waals surface area contributed by atoms with Crippen molar-refractivity contribution in [2.24, 2.45) is 5.14 Å². The van der Waals surface area contributed by atoms with E-state index in [1.807, 2.05) is 25.3 Å². The first kappa shape index (κ1) is 43.2. The van der Waals surface area contributed by atoms with E-state index in [1.165, 1.54) is 0 Å². The first-order valence-corrected chi connectivity index (χ1v) is 13.7. The second-order valence-electron chi connectivity index (χ2n) is 7.83. The van der Waals surface area contributed by atoms with Crippen LogP contribution in [0.25, 0.3) is 0 Å². The van der Waals surface area contributed by atoms with E-state index >= 15 is 0 Å². The Hall–Kier alpha value is -1.25. The van der Waals surface area contributed by atoms with Gasteiger partial charge in [0.25, 0.3) is 0 Å². The number of sulfonamides is 1.